The zero-order valence-corrected chi connectivity index (χ0v) is 12.0. The molecule has 0 aliphatic rings. The SMILES string of the molecule is Cc1cccc(C(=O)Oc2cc(Cl)c(C)c(Cl)c2)c1. The van der Waals surface area contributed by atoms with Crippen LogP contribution in [0.4, 0.5) is 0 Å². The molecule has 0 bridgehead atoms. The zero-order chi connectivity index (χ0) is 14.0. The third-order valence-corrected chi connectivity index (χ3v) is 3.50. The first kappa shape index (κ1) is 13.9. The van der Waals surface area contributed by atoms with E-state index in [2.05, 4.69) is 0 Å². The van der Waals surface area contributed by atoms with Gasteiger partial charge < -0.3 is 4.74 Å². The van der Waals surface area contributed by atoms with E-state index < -0.39 is 5.97 Å². The molecule has 2 nitrogen and oxygen atoms in total. The Morgan fingerprint density at radius 2 is 1.68 bits per heavy atom. The average Bonchev–Trinajstić information content (AvgIpc) is 2.36. The number of benzene rings is 2. The van der Waals surface area contributed by atoms with E-state index in [0.717, 1.165) is 11.1 Å². The molecule has 0 amide bonds. The third-order valence-electron chi connectivity index (χ3n) is 2.72. The van der Waals surface area contributed by atoms with Crippen LogP contribution in [0.5, 0.6) is 5.75 Å². The van der Waals surface area contributed by atoms with Crippen LogP contribution < -0.4 is 4.74 Å². The molecule has 0 aliphatic carbocycles. The largest absolute Gasteiger partial charge is 0.423 e. The topological polar surface area (TPSA) is 26.3 Å². The molecule has 0 unspecified atom stereocenters. The average molecular weight is 295 g/mol. The van der Waals surface area contributed by atoms with Gasteiger partial charge in [0, 0.05) is 10.0 Å². The highest BCUT2D eigenvalue weighted by Gasteiger charge is 2.11. The first-order valence-electron chi connectivity index (χ1n) is 5.72. The van der Waals surface area contributed by atoms with E-state index >= 15 is 0 Å². The highest BCUT2D eigenvalue weighted by molar-refractivity contribution is 6.36. The van der Waals surface area contributed by atoms with Gasteiger partial charge in [-0.2, -0.15) is 0 Å². The molecule has 4 heteroatoms. The van der Waals surface area contributed by atoms with Crippen LogP contribution in [0.3, 0.4) is 0 Å². The second-order valence-electron chi connectivity index (χ2n) is 4.27. The first-order chi connectivity index (χ1) is 8.97. The summed E-state index contributed by atoms with van der Waals surface area (Å²) in [5.74, 6) is -0.0909. The summed E-state index contributed by atoms with van der Waals surface area (Å²) < 4.78 is 5.26. The van der Waals surface area contributed by atoms with E-state index in [9.17, 15) is 4.79 Å². The molecule has 0 saturated heterocycles. The Hall–Kier alpha value is -1.51. The molecule has 98 valence electrons. The van der Waals surface area contributed by atoms with Crippen molar-refractivity contribution in [3.05, 3.63) is 63.1 Å². The second-order valence-corrected chi connectivity index (χ2v) is 5.09. The number of ether oxygens (including phenoxy) is 1. The van der Waals surface area contributed by atoms with E-state index in [1.165, 1.54) is 0 Å². The molecule has 19 heavy (non-hydrogen) atoms. The van der Waals surface area contributed by atoms with Crippen LogP contribution in [-0.2, 0) is 0 Å². The van der Waals surface area contributed by atoms with Crippen molar-refractivity contribution < 1.29 is 9.53 Å². The Balaban J connectivity index is 2.24. The van der Waals surface area contributed by atoms with Gasteiger partial charge in [0.15, 0.2) is 0 Å². The normalized spacial score (nSPS) is 10.3. The van der Waals surface area contributed by atoms with Crippen molar-refractivity contribution >= 4 is 29.2 Å². The Labute approximate surface area is 121 Å². The molecular formula is C15H12Cl2O2. The number of halogens is 2. The first-order valence-corrected chi connectivity index (χ1v) is 6.47. The van der Waals surface area contributed by atoms with E-state index in [0.29, 0.717) is 21.4 Å². The molecule has 0 saturated carbocycles. The molecule has 0 aliphatic heterocycles. The van der Waals surface area contributed by atoms with Crippen molar-refractivity contribution in [3.8, 4) is 5.75 Å². The number of rotatable bonds is 2. The number of aryl methyl sites for hydroxylation is 1. The van der Waals surface area contributed by atoms with Crippen LogP contribution in [0, 0.1) is 13.8 Å². The molecule has 0 spiro atoms. The maximum Gasteiger partial charge on any atom is 0.343 e. The van der Waals surface area contributed by atoms with Gasteiger partial charge in [-0.15, -0.1) is 0 Å². The summed E-state index contributed by atoms with van der Waals surface area (Å²) in [6.07, 6.45) is 0. The monoisotopic (exact) mass is 294 g/mol. The summed E-state index contributed by atoms with van der Waals surface area (Å²) in [6, 6.07) is 10.3. The van der Waals surface area contributed by atoms with E-state index in [-0.39, 0.29) is 0 Å². The van der Waals surface area contributed by atoms with Crippen LogP contribution in [0.1, 0.15) is 21.5 Å². The van der Waals surface area contributed by atoms with Gasteiger partial charge in [0.25, 0.3) is 0 Å². The zero-order valence-electron chi connectivity index (χ0n) is 10.5. The number of hydrogen-bond donors (Lipinski definition) is 0. The van der Waals surface area contributed by atoms with E-state index in [4.69, 9.17) is 27.9 Å². The molecule has 0 fully saturated rings. The van der Waals surface area contributed by atoms with Crippen LogP contribution in [0.25, 0.3) is 0 Å². The van der Waals surface area contributed by atoms with E-state index in [1.807, 2.05) is 13.0 Å². The molecule has 2 rings (SSSR count). The molecule has 0 aromatic heterocycles. The molecule has 2 aromatic carbocycles. The van der Waals surface area contributed by atoms with E-state index in [1.54, 1.807) is 37.3 Å². The summed E-state index contributed by atoms with van der Waals surface area (Å²) >= 11 is 12.0. The van der Waals surface area contributed by atoms with Gasteiger partial charge in [-0.05, 0) is 43.7 Å². The van der Waals surface area contributed by atoms with Gasteiger partial charge in [-0.1, -0.05) is 40.9 Å². The lowest BCUT2D eigenvalue weighted by atomic mass is 10.1. The number of hydrogen-bond acceptors (Lipinski definition) is 2. The number of carbonyl (C=O) groups is 1. The van der Waals surface area contributed by atoms with Crippen LogP contribution in [-0.4, -0.2) is 5.97 Å². The van der Waals surface area contributed by atoms with Crippen LogP contribution in [0.15, 0.2) is 36.4 Å². The Kier molecular flexibility index (Phi) is 4.13. The summed E-state index contributed by atoms with van der Waals surface area (Å²) in [4.78, 5) is 12.0. The van der Waals surface area contributed by atoms with Crippen molar-refractivity contribution in [3.63, 3.8) is 0 Å². The quantitative estimate of drug-likeness (QED) is 0.586. The highest BCUT2D eigenvalue weighted by atomic mass is 35.5. The highest BCUT2D eigenvalue weighted by Crippen LogP contribution is 2.29. The van der Waals surface area contributed by atoms with Gasteiger partial charge in [0.2, 0.25) is 0 Å². The Morgan fingerprint density at radius 3 is 2.26 bits per heavy atom. The van der Waals surface area contributed by atoms with Crippen molar-refractivity contribution in [2.24, 2.45) is 0 Å². The molecule has 2 aromatic rings. The maximum absolute atomic E-state index is 12.0. The van der Waals surface area contributed by atoms with Gasteiger partial charge in [0.05, 0.1) is 5.56 Å². The molecule has 0 heterocycles. The van der Waals surface area contributed by atoms with Gasteiger partial charge in [-0.25, -0.2) is 4.79 Å². The fraction of sp³-hybridized carbons (Fsp3) is 0.133. The smallest absolute Gasteiger partial charge is 0.343 e. The minimum atomic E-state index is -0.431. The fourth-order valence-corrected chi connectivity index (χ4v) is 2.09. The minimum absolute atomic E-state index is 0.340. The second kappa shape index (κ2) is 5.64. The van der Waals surface area contributed by atoms with Crippen molar-refractivity contribution in [2.45, 2.75) is 13.8 Å². The van der Waals surface area contributed by atoms with Gasteiger partial charge >= 0.3 is 5.97 Å². The lowest BCUT2D eigenvalue weighted by molar-refractivity contribution is 0.0734. The van der Waals surface area contributed by atoms with Crippen LogP contribution >= 0.6 is 23.2 Å². The van der Waals surface area contributed by atoms with Gasteiger partial charge in [-0.3, -0.25) is 0 Å². The standard InChI is InChI=1S/C15H12Cl2O2/c1-9-4-3-5-11(6-9)15(18)19-12-7-13(16)10(2)14(17)8-12/h3-8H,1-2H3. The van der Waals surface area contributed by atoms with Crippen molar-refractivity contribution in [2.75, 3.05) is 0 Å². The summed E-state index contributed by atoms with van der Waals surface area (Å²) in [5.41, 5.74) is 2.25. The summed E-state index contributed by atoms with van der Waals surface area (Å²) in [5, 5.41) is 0.944. The maximum atomic E-state index is 12.0. The summed E-state index contributed by atoms with van der Waals surface area (Å²) in [7, 11) is 0. The van der Waals surface area contributed by atoms with Crippen molar-refractivity contribution in [1.82, 2.24) is 0 Å². The predicted molar refractivity (Wildman–Crippen MR) is 77.3 cm³/mol. The van der Waals surface area contributed by atoms with Crippen LogP contribution in [0.2, 0.25) is 10.0 Å². The Bertz CT molecular complexity index is 613. The Morgan fingerprint density at radius 1 is 1.05 bits per heavy atom. The predicted octanol–water partition coefficient (Wildman–Crippen LogP) is 4.83. The lowest BCUT2D eigenvalue weighted by Gasteiger charge is -2.08. The molecule has 0 atom stereocenters. The van der Waals surface area contributed by atoms with Crippen molar-refractivity contribution in [1.29, 1.82) is 0 Å². The molecular weight excluding hydrogens is 283 g/mol. The molecule has 0 N–H and O–H groups in total. The third kappa shape index (κ3) is 3.28. The molecule has 0 radical (unpaired) electrons. The fourth-order valence-electron chi connectivity index (χ4n) is 1.62. The van der Waals surface area contributed by atoms with Gasteiger partial charge in [0.1, 0.15) is 5.75 Å². The number of carbonyl (C=O) groups excluding carboxylic acids is 1. The lowest BCUT2D eigenvalue weighted by Crippen LogP contribution is -2.08. The summed E-state index contributed by atoms with van der Waals surface area (Å²) in [6.45, 7) is 3.72. The minimum Gasteiger partial charge on any atom is -0.423 e. The number of esters is 1.